The minimum Gasteiger partial charge on any atom is -0.383 e. The van der Waals surface area contributed by atoms with E-state index in [0.29, 0.717) is 19.0 Å². The van der Waals surface area contributed by atoms with E-state index in [1.54, 1.807) is 31.5 Å². The van der Waals surface area contributed by atoms with E-state index in [9.17, 15) is 0 Å². The van der Waals surface area contributed by atoms with Crippen molar-refractivity contribution in [1.82, 2.24) is 19.3 Å². The van der Waals surface area contributed by atoms with Crippen molar-refractivity contribution < 1.29 is 4.74 Å². The van der Waals surface area contributed by atoms with E-state index in [1.165, 1.54) is 0 Å². The molecule has 0 spiro atoms. The summed E-state index contributed by atoms with van der Waals surface area (Å²) in [6, 6.07) is 8.04. The fraction of sp³-hybridized carbons (Fsp3) is 0.278. The molecule has 0 saturated carbocycles. The highest BCUT2D eigenvalue weighted by Gasteiger charge is 2.08. The third-order valence-corrected chi connectivity index (χ3v) is 4.54. The van der Waals surface area contributed by atoms with Crippen LogP contribution in [0.4, 0.5) is 11.6 Å². The Morgan fingerprint density at radius 2 is 1.96 bits per heavy atom. The van der Waals surface area contributed by atoms with Crippen LogP contribution in [0.5, 0.6) is 0 Å². The summed E-state index contributed by atoms with van der Waals surface area (Å²) in [7, 11) is 5.62. The number of pyridine rings is 1. The van der Waals surface area contributed by atoms with E-state index in [2.05, 4.69) is 20.3 Å². The number of fused-ring (bicyclic) bond motifs is 1. The van der Waals surface area contributed by atoms with Crippen LogP contribution in [-0.4, -0.2) is 53.6 Å². The summed E-state index contributed by atoms with van der Waals surface area (Å²) in [6.45, 7) is 1.30. The van der Waals surface area contributed by atoms with Gasteiger partial charge in [0.25, 0.3) is 0 Å². The molecular weight excluding hydrogens is 348 g/mol. The maximum atomic E-state index is 5.98. The number of ether oxygens (including phenoxy) is 1. The Balaban J connectivity index is 1.92. The van der Waals surface area contributed by atoms with Crippen molar-refractivity contribution in [2.24, 2.45) is 0 Å². The highest BCUT2D eigenvalue weighted by atomic mass is 32.2. The first-order valence-corrected chi connectivity index (χ1v) is 8.95. The van der Waals surface area contributed by atoms with E-state index in [0.717, 1.165) is 32.9 Å². The second-order valence-electron chi connectivity index (χ2n) is 5.89. The lowest BCUT2D eigenvalue weighted by atomic mass is 10.1. The van der Waals surface area contributed by atoms with Crippen molar-refractivity contribution in [3.63, 3.8) is 0 Å². The summed E-state index contributed by atoms with van der Waals surface area (Å²) in [6.07, 6.45) is 3.51. The predicted octanol–water partition coefficient (Wildman–Crippen LogP) is 2.90. The quantitative estimate of drug-likeness (QED) is 0.485. The largest absolute Gasteiger partial charge is 0.383 e. The van der Waals surface area contributed by atoms with Crippen LogP contribution in [0.1, 0.15) is 0 Å². The molecule has 0 saturated heterocycles. The number of rotatable bonds is 7. The molecule has 26 heavy (non-hydrogen) atoms. The Hall–Kier alpha value is -2.42. The van der Waals surface area contributed by atoms with Crippen LogP contribution in [-0.2, 0) is 4.74 Å². The van der Waals surface area contributed by atoms with Gasteiger partial charge in [-0.3, -0.25) is 9.29 Å². The van der Waals surface area contributed by atoms with Gasteiger partial charge in [-0.25, -0.2) is 9.97 Å². The van der Waals surface area contributed by atoms with E-state index < -0.39 is 0 Å². The molecule has 136 valence electrons. The summed E-state index contributed by atoms with van der Waals surface area (Å²) in [5.74, 6) is 1.25. The van der Waals surface area contributed by atoms with Gasteiger partial charge < -0.3 is 15.8 Å². The molecule has 8 heteroatoms. The first-order chi connectivity index (χ1) is 12.6. The van der Waals surface area contributed by atoms with Gasteiger partial charge >= 0.3 is 0 Å². The molecule has 0 aliphatic carbocycles. The molecule has 2 aromatic heterocycles. The van der Waals surface area contributed by atoms with Gasteiger partial charge in [-0.2, -0.15) is 0 Å². The summed E-state index contributed by atoms with van der Waals surface area (Å²) in [5, 5.41) is 3.20. The molecular formula is C18H22N6OS. The molecule has 3 rings (SSSR count). The molecule has 0 fully saturated rings. The van der Waals surface area contributed by atoms with Gasteiger partial charge in [-0.15, -0.1) is 0 Å². The molecule has 3 aromatic rings. The highest BCUT2D eigenvalue weighted by Crippen LogP contribution is 2.30. The van der Waals surface area contributed by atoms with Gasteiger partial charge in [0.05, 0.1) is 28.7 Å². The van der Waals surface area contributed by atoms with Gasteiger partial charge in [0, 0.05) is 25.4 Å². The first kappa shape index (κ1) is 18.4. The molecule has 2 heterocycles. The molecule has 1 aromatic carbocycles. The Morgan fingerprint density at radius 1 is 1.12 bits per heavy atom. The number of anilines is 2. The lowest BCUT2D eigenvalue weighted by Crippen LogP contribution is -2.09. The second kappa shape index (κ2) is 8.31. The number of benzene rings is 1. The van der Waals surface area contributed by atoms with Gasteiger partial charge in [0.2, 0.25) is 0 Å². The Labute approximate surface area is 157 Å². The molecule has 0 aliphatic rings. The molecule has 0 aliphatic heterocycles. The monoisotopic (exact) mass is 370 g/mol. The molecule has 0 bridgehead atoms. The summed E-state index contributed by atoms with van der Waals surface area (Å²) >= 11 is 1.55. The van der Waals surface area contributed by atoms with Gasteiger partial charge in [0.1, 0.15) is 11.6 Å². The van der Waals surface area contributed by atoms with E-state index >= 15 is 0 Å². The second-order valence-corrected chi connectivity index (χ2v) is 7.24. The SMILES string of the molecule is COCCNc1cnc2ccc(-c3cnc(N)c(SN(C)C)c3)cc2n1. The zero-order chi connectivity index (χ0) is 18.5. The van der Waals surface area contributed by atoms with E-state index in [-0.39, 0.29) is 0 Å². The third kappa shape index (κ3) is 4.40. The summed E-state index contributed by atoms with van der Waals surface area (Å²) in [5.41, 5.74) is 9.67. The Morgan fingerprint density at radius 3 is 2.73 bits per heavy atom. The van der Waals surface area contributed by atoms with Crippen molar-refractivity contribution >= 4 is 34.6 Å². The third-order valence-electron chi connectivity index (χ3n) is 3.65. The van der Waals surface area contributed by atoms with Crippen molar-refractivity contribution in [2.75, 3.05) is 45.4 Å². The maximum Gasteiger partial charge on any atom is 0.145 e. The minimum absolute atomic E-state index is 0.526. The minimum atomic E-state index is 0.526. The normalized spacial score (nSPS) is 11.2. The fourth-order valence-electron chi connectivity index (χ4n) is 2.44. The molecule has 7 nitrogen and oxygen atoms in total. The van der Waals surface area contributed by atoms with Crippen LogP contribution in [0.2, 0.25) is 0 Å². The van der Waals surface area contributed by atoms with Gasteiger partial charge in [-0.1, -0.05) is 6.07 Å². The highest BCUT2D eigenvalue weighted by molar-refractivity contribution is 7.97. The van der Waals surface area contributed by atoms with Crippen LogP contribution in [0, 0.1) is 0 Å². The maximum absolute atomic E-state index is 5.98. The summed E-state index contributed by atoms with van der Waals surface area (Å²) < 4.78 is 7.03. The topological polar surface area (TPSA) is 89.2 Å². The first-order valence-electron chi connectivity index (χ1n) is 8.17. The van der Waals surface area contributed by atoms with Crippen LogP contribution in [0.25, 0.3) is 22.2 Å². The standard InChI is InChI=1S/C18H22N6OS/c1-24(2)26-16-9-13(10-22-18(16)19)12-4-5-14-15(8-12)23-17(11-21-14)20-6-7-25-3/h4-5,8-11H,6-7H2,1-3H3,(H2,19,22)(H,20,23). The van der Waals surface area contributed by atoms with Crippen molar-refractivity contribution in [3.05, 3.63) is 36.7 Å². The molecule has 0 radical (unpaired) electrons. The zero-order valence-electron chi connectivity index (χ0n) is 15.1. The number of nitrogens with one attached hydrogen (secondary N) is 1. The number of nitrogen functional groups attached to an aromatic ring is 1. The van der Waals surface area contributed by atoms with E-state index in [1.807, 2.05) is 42.7 Å². The van der Waals surface area contributed by atoms with Crippen molar-refractivity contribution in [3.8, 4) is 11.1 Å². The molecule has 0 atom stereocenters. The predicted molar refractivity (Wildman–Crippen MR) is 107 cm³/mol. The molecule has 3 N–H and O–H groups in total. The average molecular weight is 370 g/mol. The number of aromatic nitrogens is 3. The lowest BCUT2D eigenvalue weighted by Gasteiger charge is -2.12. The van der Waals surface area contributed by atoms with Crippen LogP contribution < -0.4 is 11.1 Å². The van der Waals surface area contributed by atoms with Crippen LogP contribution in [0.15, 0.2) is 41.6 Å². The molecule has 0 amide bonds. The Kier molecular flexibility index (Phi) is 5.87. The van der Waals surface area contributed by atoms with Crippen molar-refractivity contribution in [2.45, 2.75) is 4.90 Å². The van der Waals surface area contributed by atoms with Crippen LogP contribution >= 0.6 is 11.9 Å². The number of nitrogens with zero attached hydrogens (tertiary/aromatic N) is 4. The zero-order valence-corrected chi connectivity index (χ0v) is 15.9. The smallest absolute Gasteiger partial charge is 0.145 e. The molecule has 0 unspecified atom stereocenters. The van der Waals surface area contributed by atoms with Gasteiger partial charge in [-0.05, 0) is 49.8 Å². The number of hydrogen-bond donors (Lipinski definition) is 2. The fourth-order valence-corrected chi connectivity index (χ4v) is 3.16. The van der Waals surface area contributed by atoms with Gasteiger partial charge in [0.15, 0.2) is 0 Å². The number of nitrogens with two attached hydrogens (primary N) is 1. The van der Waals surface area contributed by atoms with Crippen LogP contribution in [0.3, 0.4) is 0 Å². The Bertz CT molecular complexity index is 902. The number of hydrogen-bond acceptors (Lipinski definition) is 8. The van der Waals surface area contributed by atoms with E-state index in [4.69, 9.17) is 10.5 Å². The summed E-state index contributed by atoms with van der Waals surface area (Å²) in [4.78, 5) is 14.3. The van der Waals surface area contributed by atoms with Crippen molar-refractivity contribution in [1.29, 1.82) is 0 Å². The lowest BCUT2D eigenvalue weighted by molar-refractivity contribution is 0.210. The average Bonchev–Trinajstić information content (AvgIpc) is 2.63. The number of methoxy groups -OCH3 is 1.